The van der Waals surface area contributed by atoms with Gasteiger partial charge in [-0.3, -0.25) is 0 Å². The van der Waals surface area contributed by atoms with E-state index in [4.69, 9.17) is 4.43 Å². The van der Waals surface area contributed by atoms with E-state index in [1.807, 2.05) is 0 Å². The van der Waals surface area contributed by atoms with Crippen molar-refractivity contribution in [1.29, 1.82) is 0 Å². The minimum Gasteiger partial charge on any atom is -0.410 e. The average molecular weight is 421 g/mol. The standard InChI is InChI=1S/C18H27BrF2O2Si/c1-7-8-12(22)9-17(23-24(5,6)18(2,3)4)13-10-14(19)16(21)11-15(13)20/h7,10-12,17,22H,1,8-9H2,2-6H3. The zero-order valence-corrected chi connectivity index (χ0v) is 17.6. The highest BCUT2D eigenvalue weighted by atomic mass is 79.9. The number of rotatable bonds is 7. The lowest BCUT2D eigenvalue weighted by molar-refractivity contribution is 0.0858. The molecule has 1 aromatic carbocycles. The Balaban J connectivity index is 3.24. The summed E-state index contributed by atoms with van der Waals surface area (Å²) >= 11 is 3.10. The van der Waals surface area contributed by atoms with Gasteiger partial charge in [-0.1, -0.05) is 26.8 Å². The highest BCUT2D eigenvalue weighted by Gasteiger charge is 2.40. The van der Waals surface area contributed by atoms with Gasteiger partial charge in [0.05, 0.1) is 16.7 Å². The summed E-state index contributed by atoms with van der Waals surface area (Å²) in [7, 11) is -2.21. The van der Waals surface area contributed by atoms with Crippen LogP contribution in [0.1, 0.15) is 45.3 Å². The molecule has 0 heterocycles. The topological polar surface area (TPSA) is 29.5 Å². The fourth-order valence-electron chi connectivity index (χ4n) is 2.09. The SMILES string of the molecule is C=CCC(O)CC(O[Si](C)(C)C(C)(C)C)c1cc(Br)c(F)cc1F. The molecule has 136 valence electrons. The summed E-state index contributed by atoms with van der Waals surface area (Å²) in [5.74, 6) is -1.32. The third kappa shape index (κ3) is 5.48. The van der Waals surface area contributed by atoms with Crippen molar-refractivity contribution in [3.05, 3.63) is 46.5 Å². The number of benzene rings is 1. The largest absolute Gasteiger partial charge is 0.410 e. The monoisotopic (exact) mass is 420 g/mol. The summed E-state index contributed by atoms with van der Waals surface area (Å²) < 4.78 is 34.4. The first kappa shape index (κ1) is 21.5. The molecule has 0 aliphatic heterocycles. The maximum absolute atomic E-state index is 14.4. The summed E-state index contributed by atoms with van der Waals surface area (Å²) in [6.07, 6.45) is 0.901. The highest BCUT2D eigenvalue weighted by molar-refractivity contribution is 9.10. The molecule has 0 saturated carbocycles. The fourth-order valence-corrected chi connectivity index (χ4v) is 3.74. The number of hydrogen-bond donors (Lipinski definition) is 1. The summed E-state index contributed by atoms with van der Waals surface area (Å²) in [6.45, 7) is 14.0. The first-order valence-electron chi connectivity index (χ1n) is 8.00. The van der Waals surface area contributed by atoms with Gasteiger partial charge in [0.15, 0.2) is 8.32 Å². The van der Waals surface area contributed by atoms with E-state index in [1.165, 1.54) is 6.07 Å². The van der Waals surface area contributed by atoms with Crippen LogP contribution >= 0.6 is 15.9 Å². The van der Waals surface area contributed by atoms with Crippen LogP contribution in [-0.4, -0.2) is 19.5 Å². The molecule has 2 unspecified atom stereocenters. The van der Waals surface area contributed by atoms with Crippen LogP contribution in [0.4, 0.5) is 8.78 Å². The van der Waals surface area contributed by atoms with Crippen molar-refractivity contribution in [1.82, 2.24) is 0 Å². The van der Waals surface area contributed by atoms with E-state index in [0.717, 1.165) is 6.07 Å². The van der Waals surface area contributed by atoms with E-state index in [-0.39, 0.29) is 21.5 Å². The van der Waals surface area contributed by atoms with E-state index in [1.54, 1.807) is 6.08 Å². The summed E-state index contributed by atoms with van der Waals surface area (Å²) in [5.41, 5.74) is 0.260. The Labute approximate surface area is 153 Å². The number of aliphatic hydroxyl groups excluding tert-OH is 1. The molecule has 0 amide bonds. The normalized spacial score (nSPS) is 15.2. The van der Waals surface area contributed by atoms with E-state index >= 15 is 0 Å². The molecular formula is C18H27BrF2O2Si. The number of halogens is 3. The molecule has 1 rings (SSSR count). The van der Waals surface area contributed by atoms with Gasteiger partial charge in [0.2, 0.25) is 0 Å². The third-order valence-electron chi connectivity index (χ3n) is 4.55. The van der Waals surface area contributed by atoms with Crippen LogP contribution < -0.4 is 0 Å². The van der Waals surface area contributed by atoms with Crippen molar-refractivity contribution in [3.8, 4) is 0 Å². The Bertz CT molecular complexity index is 585. The molecule has 0 fully saturated rings. The van der Waals surface area contributed by atoms with Gasteiger partial charge in [-0.15, -0.1) is 6.58 Å². The predicted molar refractivity (Wildman–Crippen MR) is 101 cm³/mol. The van der Waals surface area contributed by atoms with Crippen LogP contribution in [0, 0.1) is 11.6 Å². The van der Waals surface area contributed by atoms with E-state index in [9.17, 15) is 13.9 Å². The van der Waals surface area contributed by atoms with Crippen LogP contribution in [0.3, 0.4) is 0 Å². The molecule has 0 saturated heterocycles. The van der Waals surface area contributed by atoms with Gasteiger partial charge < -0.3 is 9.53 Å². The Kier molecular flexibility index (Phi) is 7.35. The molecule has 1 N–H and O–H groups in total. The number of hydrogen-bond acceptors (Lipinski definition) is 2. The molecule has 0 aliphatic rings. The van der Waals surface area contributed by atoms with Gasteiger partial charge >= 0.3 is 0 Å². The third-order valence-corrected chi connectivity index (χ3v) is 9.65. The molecule has 24 heavy (non-hydrogen) atoms. The van der Waals surface area contributed by atoms with Crippen molar-refractivity contribution in [3.63, 3.8) is 0 Å². The molecule has 0 aliphatic carbocycles. The first-order chi connectivity index (χ1) is 10.9. The molecule has 1 aromatic rings. The zero-order valence-electron chi connectivity index (χ0n) is 15.0. The van der Waals surface area contributed by atoms with Crippen LogP contribution in [0.15, 0.2) is 29.3 Å². The second-order valence-electron chi connectivity index (χ2n) is 7.57. The molecule has 0 radical (unpaired) electrons. The summed E-state index contributed by atoms with van der Waals surface area (Å²) in [5, 5.41) is 10.1. The van der Waals surface area contributed by atoms with Gasteiger partial charge in [-0.25, -0.2) is 8.78 Å². The Morgan fingerprint density at radius 1 is 1.29 bits per heavy atom. The van der Waals surface area contributed by atoms with Crippen molar-refractivity contribution in [2.45, 2.75) is 64.0 Å². The second-order valence-corrected chi connectivity index (χ2v) is 13.2. The minimum absolute atomic E-state index is 0.0671. The predicted octanol–water partition coefficient (Wildman–Crippen LogP) is 6.12. The molecule has 0 bridgehead atoms. The summed E-state index contributed by atoms with van der Waals surface area (Å²) in [4.78, 5) is 0. The minimum atomic E-state index is -2.21. The lowest BCUT2D eigenvalue weighted by Gasteiger charge is -2.40. The van der Waals surface area contributed by atoms with Crippen LogP contribution in [0.2, 0.25) is 18.1 Å². The molecule has 6 heteroatoms. The quantitative estimate of drug-likeness (QED) is 0.327. The molecule has 0 aromatic heterocycles. The van der Waals surface area contributed by atoms with Gasteiger partial charge in [-0.2, -0.15) is 0 Å². The Morgan fingerprint density at radius 3 is 2.38 bits per heavy atom. The van der Waals surface area contributed by atoms with E-state index in [2.05, 4.69) is 56.4 Å². The van der Waals surface area contributed by atoms with Crippen LogP contribution in [0.5, 0.6) is 0 Å². The maximum Gasteiger partial charge on any atom is 0.192 e. The van der Waals surface area contributed by atoms with E-state index < -0.39 is 32.2 Å². The lowest BCUT2D eigenvalue weighted by Crippen LogP contribution is -2.42. The average Bonchev–Trinajstić information content (AvgIpc) is 2.41. The van der Waals surface area contributed by atoms with Gasteiger partial charge in [-0.05, 0) is 46.5 Å². The van der Waals surface area contributed by atoms with Crippen molar-refractivity contribution >= 4 is 24.2 Å². The molecular weight excluding hydrogens is 394 g/mol. The van der Waals surface area contributed by atoms with E-state index in [0.29, 0.717) is 6.42 Å². The molecule has 2 nitrogen and oxygen atoms in total. The Hall–Kier alpha value is -0.563. The number of aliphatic hydroxyl groups is 1. The van der Waals surface area contributed by atoms with Gasteiger partial charge in [0.25, 0.3) is 0 Å². The second kappa shape index (κ2) is 8.21. The van der Waals surface area contributed by atoms with Crippen molar-refractivity contribution in [2.24, 2.45) is 0 Å². The summed E-state index contributed by atoms with van der Waals surface area (Å²) in [6, 6.07) is 2.25. The fraction of sp³-hybridized carbons (Fsp3) is 0.556. The van der Waals surface area contributed by atoms with Gasteiger partial charge in [0.1, 0.15) is 11.6 Å². The Morgan fingerprint density at radius 2 is 1.88 bits per heavy atom. The van der Waals surface area contributed by atoms with Crippen molar-refractivity contribution in [2.75, 3.05) is 0 Å². The zero-order chi connectivity index (χ0) is 18.7. The van der Waals surface area contributed by atoms with Crippen molar-refractivity contribution < 1.29 is 18.3 Å². The maximum atomic E-state index is 14.4. The molecule has 2 atom stereocenters. The lowest BCUT2D eigenvalue weighted by atomic mass is 10.0. The van der Waals surface area contributed by atoms with Crippen LogP contribution in [-0.2, 0) is 4.43 Å². The van der Waals surface area contributed by atoms with Crippen LogP contribution in [0.25, 0.3) is 0 Å². The smallest absolute Gasteiger partial charge is 0.192 e. The van der Waals surface area contributed by atoms with Gasteiger partial charge in [0, 0.05) is 18.1 Å². The highest BCUT2D eigenvalue weighted by Crippen LogP contribution is 2.41. The molecule has 0 spiro atoms. The first-order valence-corrected chi connectivity index (χ1v) is 11.7.